The highest BCUT2D eigenvalue weighted by molar-refractivity contribution is 6.07. The zero-order chi connectivity index (χ0) is 13.4. The van der Waals surface area contributed by atoms with Gasteiger partial charge in [-0.3, -0.25) is 0 Å². The summed E-state index contributed by atoms with van der Waals surface area (Å²) in [7, 11) is 1.48. The van der Waals surface area contributed by atoms with Gasteiger partial charge in [-0.1, -0.05) is 5.16 Å². The highest BCUT2D eigenvalue weighted by Crippen LogP contribution is 2.15. The molecule has 0 atom stereocenters. The van der Waals surface area contributed by atoms with E-state index in [1.165, 1.54) is 13.3 Å². The summed E-state index contributed by atoms with van der Waals surface area (Å²) in [5.41, 5.74) is 1.58. The Hall–Kier alpha value is -2.04. The molecule has 0 aliphatic carbocycles. The summed E-state index contributed by atoms with van der Waals surface area (Å²) in [5, 5.41) is 15.3. The Bertz CT molecular complexity index is 411. The molecule has 0 saturated carbocycles. The molecule has 0 spiro atoms. The number of rotatable bonds is 6. The number of hydrogen-bond acceptors (Lipinski definition) is 5. The fourth-order valence-electron chi connectivity index (χ4n) is 1.44. The first-order chi connectivity index (χ1) is 8.67. The summed E-state index contributed by atoms with van der Waals surface area (Å²) in [4.78, 5) is 4.76. The molecule has 1 aromatic rings. The lowest BCUT2D eigenvalue weighted by Gasteiger charge is -2.10. The zero-order valence-electron chi connectivity index (χ0n) is 10.8. The number of benzene rings is 1. The first-order valence-electron chi connectivity index (χ1n) is 5.70. The highest BCUT2D eigenvalue weighted by Gasteiger charge is 2.04. The van der Waals surface area contributed by atoms with Crippen LogP contribution in [-0.4, -0.2) is 30.3 Å². The maximum absolute atomic E-state index is 8.43. The van der Waals surface area contributed by atoms with Crippen LogP contribution in [-0.2, 0) is 4.84 Å². The predicted molar refractivity (Wildman–Crippen MR) is 70.6 cm³/mol. The maximum atomic E-state index is 8.43. The fourth-order valence-corrected chi connectivity index (χ4v) is 1.44. The SMILES string of the molecule is CO/N=C(/C/C=N/O)c1ccc(OC(C)C)cc1. The van der Waals surface area contributed by atoms with E-state index in [2.05, 4.69) is 10.3 Å². The lowest BCUT2D eigenvalue weighted by atomic mass is 10.1. The second kappa shape index (κ2) is 7.32. The normalized spacial score (nSPS) is 12.1. The Morgan fingerprint density at radius 1 is 1.33 bits per heavy atom. The van der Waals surface area contributed by atoms with Crippen molar-refractivity contribution in [2.75, 3.05) is 7.11 Å². The standard InChI is InChI=1S/C13H18N2O3/c1-10(2)18-12-6-4-11(5-7-12)13(15-17-3)8-9-14-16/h4-7,9-10,16H,8H2,1-3H3/b14-9+,15-13-. The van der Waals surface area contributed by atoms with Crippen LogP contribution in [0, 0.1) is 0 Å². The van der Waals surface area contributed by atoms with Crippen LogP contribution in [0.3, 0.4) is 0 Å². The van der Waals surface area contributed by atoms with Gasteiger partial charge in [-0.25, -0.2) is 0 Å². The molecule has 5 nitrogen and oxygen atoms in total. The lowest BCUT2D eigenvalue weighted by molar-refractivity contribution is 0.213. The molecule has 1 aromatic carbocycles. The summed E-state index contributed by atoms with van der Waals surface area (Å²) in [5.74, 6) is 0.807. The van der Waals surface area contributed by atoms with Crippen LogP contribution in [0.5, 0.6) is 5.75 Å². The number of hydrogen-bond donors (Lipinski definition) is 1. The third-order valence-electron chi connectivity index (χ3n) is 2.13. The predicted octanol–water partition coefficient (Wildman–Crippen LogP) is 2.67. The van der Waals surface area contributed by atoms with Crippen LogP contribution in [0.15, 0.2) is 34.6 Å². The molecule has 1 N–H and O–H groups in total. The van der Waals surface area contributed by atoms with E-state index < -0.39 is 0 Å². The van der Waals surface area contributed by atoms with Crippen LogP contribution in [0.1, 0.15) is 25.8 Å². The van der Waals surface area contributed by atoms with Gasteiger partial charge in [0.1, 0.15) is 12.9 Å². The van der Waals surface area contributed by atoms with Gasteiger partial charge in [0.2, 0.25) is 0 Å². The lowest BCUT2D eigenvalue weighted by Crippen LogP contribution is -2.06. The molecular weight excluding hydrogens is 232 g/mol. The molecular formula is C13H18N2O3. The summed E-state index contributed by atoms with van der Waals surface area (Å²) in [6.07, 6.45) is 1.90. The van der Waals surface area contributed by atoms with Crippen molar-refractivity contribution in [3.63, 3.8) is 0 Å². The number of oxime groups is 2. The third-order valence-corrected chi connectivity index (χ3v) is 2.13. The minimum Gasteiger partial charge on any atom is -0.491 e. The second-order valence-electron chi connectivity index (χ2n) is 3.91. The van der Waals surface area contributed by atoms with Crippen molar-refractivity contribution in [1.82, 2.24) is 0 Å². The van der Waals surface area contributed by atoms with Gasteiger partial charge in [0.05, 0.1) is 11.8 Å². The van der Waals surface area contributed by atoms with Gasteiger partial charge in [-0.15, -0.1) is 5.16 Å². The Morgan fingerprint density at radius 2 is 2.00 bits per heavy atom. The van der Waals surface area contributed by atoms with Gasteiger partial charge < -0.3 is 14.8 Å². The topological polar surface area (TPSA) is 63.4 Å². The minimum atomic E-state index is 0.143. The van der Waals surface area contributed by atoms with Crippen molar-refractivity contribution in [3.8, 4) is 5.75 Å². The van der Waals surface area contributed by atoms with E-state index in [0.717, 1.165) is 11.3 Å². The largest absolute Gasteiger partial charge is 0.491 e. The summed E-state index contributed by atoms with van der Waals surface area (Å²) < 4.78 is 5.55. The fraction of sp³-hybridized carbons (Fsp3) is 0.385. The van der Waals surface area contributed by atoms with Crippen molar-refractivity contribution in [1.29, 1.82) is 0 Å². The van der Waals surface area contributed by atoms with Crippen LogP contribution >= 0.6 is 0 Å². The van der Waals surface area contributed by atoms with E-state index in [1.54, 1.807) is 0 Å². The van der Waals surface area contributed by atoms with Crippen LogP contribution in [0.4, 0.5) is 0 Å². The van der Waals surface area contributed by atoms with E-state index in [1.807, 2.05) is 38.1 Å². The molecule has 0 aliphatic heterocycles. The first-order valence-corrected chi connectivity index (χ1v) is 5.70. The molecule has 0 heterocycles. The van der Waals surface area contributed by atoms with Crippen molar-refractivity contribution < 1.29 is 14.8 Å². The molecule has 0 aromatic heterocycles. The Morgan fingerprint density at radius 3 is 2.50 bits per heavy atom. The Kier molecular flexibility index (Phi) is 5.70. The molecule has 98 valence electrons. The van der Waals surface area contributed by atoms with E-state index in [4.69, 9.17) is 14.8 Å². The third kappa shape index (κ3) is 4.45. The average Bonchev–Trinajstić information content (AvgIpc) is 2.35. The number of ether oxygens (including phenoxy) is 1. The molecule has 18 heavy (non-hydrogen) atoms. The molecule has 0 saturated heterocycles. The Balaban J connectivity index is 2.83. The average molecular weight is 250 g/mol. The summed E-state index contributed by atoms with van der Waals surface area (Å²) in [6.45, 7) is 3.95. The molecule has 0 bridgehead atoms. The van der Waals surface area contributed by atoms with Crippen molar-refractivity contribution >= 4 is 11.9 Å². The van der Waals surface area contributed by atoms with E-state index in [-0.39, 0.29) is 6.10 Å². The zero-order valence-corrected chi connectivity index (χ0v) is 10.8. The van der Waals surface area contributed by atoms with Gasteiger partial charge in [-0.2, -0.15) is 0 Å². The molecule has 0 amide bonds. The number of nitrogens with zero attached hydrogens (tertiary/aromatic N) is 2. The monoisotopic (exact) mass is 250 g/mol. The van der Waals surface area contributed by atoms with E-state index in [9.17, 15) is 0 Å². The van der Waals surface area contributed by atoms with E-state index in [0.29, 0.717) is 12.1 Å². The summed E-state index contributed by atoms with van der Waals surface area (Å²) >= 11 is 0. The smallest absolute Gasteiger partial charge is 0.119 e. The quantitative estimate of drug-likeness (QED) is 0.479. The minimum absolute atomic E-state index is 0.143. The van der Waals surface area contributed by atoms with Gasteiger partial charge in [-0.05, 0) is 43.7 Å². The molecule has 0 unspecified atom stereocenters. The first kappa shape index (κ1) is 14.0. The van der Waals surface area contributed by atoms with Gasteiger partial charge >= 0.3 is 0 Å². The van der Waals surface area contributed by atoms with Crippen molar-refractivity contribution in [2.45, 2.75) is 26.4 Å². The maximum Gasteiger partial charge on any atom is 0.119 e. The molecule has 5 heteroatoms. The molecule has 1 rings (SSSR count). The second-order valence-corrected chi connectivity index (χ2v) is 3.91. The molecule has 0 radical (unpaired) electrons. The van der Waals surface area contributed by atoms with Gasteiger partial charge in [0.25, 0.3) is 0 Å². The molecule has 0 fully saturated rings. The van der Waals surface area contributed by atoms with Crippen LogP contribution in [0.25, 0.3) is 0 Å². The van der Waals surface area contributed by atoms with Gasteiger partial charge in [0, 0.05) is 12.6 Å². The van der Waals surface area contributed by atoms with Crippen molar-refractivity contribution in [3.05, 3.63) is 29.8 Å². The van der Waals surface area contributed by atoms with Crippen LogP contribution < -0.4 is 4.74 Å². The van der Waals surface area contributed by atoms with Crippen molar-refractivity contribution in [2.24, 2.45) is 10.3 Å². The van der Waals surface area contributed by atoms with Crippen LogP contribution in [0.2, 0.25) is 0 Å². The molecule has 0 aliphatic rings. The summed E-state index contributed by atoms with van der Waals surface area (Å²) in [6, 6.07) is 7.52. The van der Waals surface area contributed by atoms with E-state index >= 15 is 0 Å². The highest BCUT2D eigenvalue weighted by atomic mass is 16.6. The van der Waals surface area contributed by atoms with Gasteiger partial charge in [0.15, 0.2) is 0 Å². The Labute approximate surface area is 107 Å².